The minimum absolute atomic E-state index is 0.120. The molecule has 2 heteroatoms. The van der Waals surface area contributed by atoms with Crippen LogP contribution >= 0.6 is 0 Å². The van der Waals surface area contributed by atoms with Gasteiger partial charge in [-0.2, -0.15) is 0 Å². The molecule has 0 saturated heterocycles. The van der Waals surface area contributed by atoms with Crippen LogP contribution in [0.15, 0.2) is 30.3 Å². The zero-order valence-corrected chi connectivity index (χ0v) is 12.4. The van der Waals surface area contributed by atoms with E-state index in [0.29, 0.717) is 0 Å². The van der Waals surface area contributed by atoms with Crippen LogP contribution < -0.4 is 4.90 Å². The molecule has 0 fully saturated rings. The van der Waals surface area contributed by atoms with Gasteiger partial charge in [0.2, 0.25) is 0 Å². The summed E-state index contributed by atoms with van der Waals surface area (Å²) in [6.07, 6.45) is 0. The van der Waals surface area contributed by atoms with Crippen molar-refractivity contribution in [2.75, 3.05) is 11.4 Å². The summed E-state index contributed by atoms with van der Waals surface area (Å²) in [5.41, 5.74) is 0.487. The lowest BCUT2D eigenvalue weighted by Gasteiger charge is -2.49. The molecule has 18 heavy (non-hydrogen) atoms. The lowest BCUT2D eigenvalue weighted by Crippen LogP contribution is -2.60. The van der Waals surface area contributed by atoms with Crippen LogP contribution in [0.2, 0.25) is 0 Å². The lowest BCUT2D eigenvalue weighted by molar-refractivity contribution is -0.125. The van der Waals surface area contributed by atoms with Gasteiger partial charge in [-0.3, -0.25) is 4.79 Å². The molecule has 0 N–H and O–H groups in total. The van der Waals surface area contributed by atoms with Gasteiger partial charge in [0, 0.05) is 12.2 Å². The Labute approximate surface area is 111 Å². The van der Waals surface area contributed by atoms with Crippen molar-refractivity contribution >= 4 is 11.5 Å². The molecular formula is C16H25NO. The van der Waals surface area contributed by atoms with Gasteiger partial charge in [-0.05, 0) is 38.3 Å². The quantitative estimate of drug-likeness (QED) is 0.804. The largest absolute Gasteiger partial charge is 0.359 e. The molecule has 0 aliphatic rings. The molecule has 0 aromatic heterocycles. The van der Waals surface area contributed by atoms with Gasteiger partial charge in [-0.1, -0.05) is 39.0 Å². The van der Waals surface area contributed by atoms with Gasteiger partial charge in [-0.25, -0.2) is 0 Å². The predicted octanol–water partition coefficient (Wildman–Crippen LogP) is 3.91. The van der Waals surface area contributed by atoms with Crippen molar-refractivity contribution in [2.45, 2.75) is 47.1 Å². The number of carbonyl (C=O) groups excluding carboxylic acids is 1. The average molecular weight is 247 g/mol. The predicted molar refractivity (Wildman–Crippen MR) is 78.0 cm³/mol. The van der Waals surface area contributed by atoms with Gasteiger partial charge < -0.3 is 4.90 Å². The molecule has 2 nitrogen and oxygen atoms in total. The van der Waals surface area contributed by atoms with E-state index in [2.05, 4.69) is 44.7 Å². The molecule has 0 aliphatic heterocycles. The van der Waals surface area contributed by atoms with Crippen LogP contribution in [0.5, 0.6) is 0 Å². The van der Waals surface area contributed by atoms with Crippen molar-refractivity contribution < 1.29 is 4.79 Å². The van der Waals surface area contributed by atoms with E-state index >= 15 is 0 Å². The zero-order valence-electron chi connectivity index (χ0n) is 12.4. The highest BCUT2D eigenvalue weighted by Crippen LogP contribution is 2.39. The Kier molecular flexibility index (Phi) is 4.20. The molecule has 0 radical (unpaired) electrons. The fraction of sp³-hybridized carbons (Fsp3) is 0.562. The number of para-hydroxylation sites is 1. The third-order valence-corrected chi connectivity index (χ3v) is 4.07. The summed E-state index contributed by atoms with van der Waals surface area (Å²) in [5, 5.41) is 0. The van der Waals surface area contributed by atoms with Gasteiger partial charge in [0.05, 0.1) is 0 Å². The Morgan fingerprint density at radius 2 is 1.61 bits per heavy atom. The second-order valence-corrected chi connectivity index (χ2v) is 5.96. The Bertz CT molecular complexity index is 405. The molecule has 0 saturated carbocycles. The Hall–Kier alpha value is -1.31. The van der Waals surface area contributed by atoms with Crippen LogP contribution in [0, 0.1) is 5.41 Å². The van der Waals surface area contributed by atoms with Gasteiger partial charge >= 0.3 is 0 Å². The first-order valence-electron chi connectivity index (χ1n) is 6.59. The number of Topliss-reactive ketones (excluding diaryl/α,β-unsaturated/α-hetero) is 1. The number of benzene rings is 1. The first-order chi connectivity index (χ1) is 8.25. The van der Waals surface area contributed by atoms with E-state index in [1.165, 1.54) is 0 Å². The third-order valence-electron chi connectivity index (χ3n) is 4.07. The molecule has 0 bridgehead atoms. The maximum atomic E-state index is 12.2. The van der Waals surface area contributed by atoms with E-state index in [1.807, 2.05) is 25.1 Å². The molecule has 1 aromatic carbocycles. The van der Waals surface area contributed by atoms with E-state index in [4.69, 9.17) is 0 Å². The molecule has 1 atom stereocenters. The summed E-state index contributed by atoms with van der Waals surface area (Å²) in [4.78, 5) is 14.4. The number of likely N-dealkylation sites (N-methyl/N-ethyl adjacent to an activating group) is 1. The van der Waals surface area contributed by atoms with Crippen molar-refractivity contribution in [3.05, 3.63) is 30.3 Å². The number of anilines is 1. The van der Waals surface area contributed by atoms with Crippen molar-refractivity contribution in [3.63, 3.8) is 0 Å². The fourth-order valence-electron chi connectivity index (χ4n) is 2.49. The first kappa shape index (κ1) is 14.7. The zero-order chi connectivity index (χ0) is 14.0. The minimum Gasteiger partial charge on any atom is -0.359 e. The van der Waals surface area contributed by atoms with Crippen LogP contribution in [0.25, 0.3) is 0 Å². The summed E-state index contributed by atoms with van der Waals surface area (Å²) < 4.78 is 0. The number of rotatable bonds is 4. The lowest BCUT2D eigenvalue weighted by atomic mass is 9.71. The number of hydrogen-bond donors (Lipinski definition) is 0. The third kappa shape index (κ3) is 2.43. The molecule has 0 heterocycles. The van der Waals surface area contributed by atoms with Crippen LogP contribution in [-0.2, 0) is 4.79 Å². The number of nitrogens with zero attached hydrogens (tertiary/aromatic N) is 1. The van der Waals surface area contributed by atoms with Crippen molar-refractivity contribution in [2.24, 2.45) is 5.41 Å². The van der Waals surface area contributed by atoms with Crippen LogP contribution in [0.3, 0.4) is 0 Å². The molecular weight excluding hydrogens is 222 g/mol. The molecule has 1 aromatic rings. The number of carbonyl (C=O) groups is 1. The number of ketones is 1. The van der Waals surface area contributed by atoms with Crippen molar-refractivity contribution in [1.82, 2.24) is 0 Å². The summed E-state index contributed by atoms with van der Waals surface area (Å²) in [7, 11) is 0. The molecule has 0 spiro atoms. The summed E-state index contributed by atoms with van der Waals surface area (Å²) in [5.74, 6) is 0.209. The van der Waals surface area contributed by atoms with Crippen LogP contribution in [0.1, 0.15) is 41.5 Å². The minimum atomic E-state index is -0.497. The standard InChI is InChI=1S/C16H25NO/c1-7-17(14-11-9-8-10-12-14)16(6,13(2)18)15(3,4)5/h8-12H,7H2,1-6H3. The molecule has 1 rings (SSSR count). The van der Waals surface area contributed by atoms with Crippen LogP contribution in [0.4, 0.5) is 5.69 Å². The number of hydrogen-bond acceptors (Lipinski definition) is 2. The van der Waals surface area contributed by atoms with E-state index in [1.54, 1.807) is 6.92 Å². The smallest absolute Gasteiger partial charge is 0.155 e. The monoisotopic (exact) mass is 247 g/mol. The van der Waals surface area contributed by atoms with E-state index < -0.39 is 5.54 Å². The van der Waals surface area contributed by atoms with Gasteiger partial charge in [0.25, 0.3) is 0 Å². The maximum Gasteiger partial charge on any atom is 0.155 e. The summed E-state index contributed by atoms with van der Waals surface area (Å²) in [6, 6.07) is 10.2. The van der Waals surface area contributed by atoms with E-state index in [9.17, 15) is 4.79 Å². The van der Waals surface area contributed by atoms with Crippen molar-refractivity contribution in [1.29, 1.82) is 0 Å². The Morgan fingerprint density at radius 3 is 1.94 bits per heavy atom. The molecule has 100 valence electrons. The fourth-order valence-corrected chi connectivity index (χ4v) is 2.49. The van der Waals surface area contributed by atoms with E-state index in [-0.39, 0.29) is 11.2 Å². The molecule has 1 unspecified atom stereocenters. The topological polar surface area (TPSA) is 20.3 Å². The summed E-state index contributed by atoms with van der Waals surface area (Å²) >= 11 is 0. The highest BCUT2D eigenvalue weighted by Gasteiger charge is 2.46. The van der Waals surface area contributed by atoms with Gasteiger partial charge in [-0.15, -0.1) is 0 Å². The van der Waals surface area contributed by atoms with E-state index in [0.717, 1.165) is 12.2 Å². The second kappa shape index (κ2) is 5.13. The summed E-state index contributed by atoms with van der Waals surface area (Å²) in [6.45, 7) is 13.0. The average Bonchev–Trinajstić information content (AvgIpc) is 2.29. The normalized spacial score (nSPS) is 15.0. The second-order valence-electron chi connectivity index (χ2n) is 5.96. The van der Waals surface area contributed by atoms with Gasteiger partial charge in [0.15, 0.2) is 5.78 Å². The highest BCUT2D eigenvalue weighted by molar-refractivity contribution is 5.90. The first-order valence-corrected chi connectivity index (χ1v) is 6.59. The maximum absolute atomic E-state index is 12.2. The van der Waals surface area contributed by atoms with Gasteiger partial charge in [0.1, 0.15) is 5.54 Å². The highest BCUT2D eigenvalue weighted by atomic mass is 16.1. The Morgan fingerprint density at radius 1 is 1.11 bits per heavy atom. The van der Waals surface area contributed by atoms with Crippen molar-refractivity contribution in [3.8, 4) is 0 Å². The molecule has 0 amide bonds. The van der Waals surface area contributed by atoms with Crippen LogP contribution in [-0.4, -0.2) is 17.9 Å². The molecule has 0 aliphatic carbocycles. The Balaban J connectivity index is 3.32. The SMILES string of the molecule is CCN(c1ccccc1)C(C)(C(C)=O)C(C)(C)C.